The van der Waals surface area contributed by atoms with Crippen molar-refractivity contribution in [3.05, 3.63) is 42.5 Å². The maximum atomic E-state index is 11.7. The first-order valence-electron chi connectivity index (χ1n) is 5.18. The number of rotatable bonds is 5. The Kier molecular flexibility index (Phi) is 4.26. The molecule has 1 N–H and O–H groups in total. The second-order valence-corrected chi connectivity index (χ2v) is 5.63. The molecule has 0 aliphatic heterocycles. The fraction of sp³-hybridized carbons (Fsp3) is 0.333. The topological polar surface area (TPSA) is 46.2 Å². The van der Waals surface area contributed by atoms with Crippen molar-refractivity contribution in [3.63, 3.8) is 0 Å². The monoisotopic (exact) mass is 239 g/mol. The Labute approximate surface area is 97.2 Å². The quantitative estimate of drug-likeness (QED) is 0.801. The van der Waals surface area contributed by atoms with E-state index in [-0.39, 0.29) is 6.54 Å². The Morgan fingerprint density at radius 1 is 1.31 bits per heavy atom. The highest BCUT2D eigenvalue weighted by atomic mass is 32.2. The Morgan fingerprint density at radius 2 is 1.88 bits per heavy atom. The van der Waals surface area contributed by atoms with Crippen molar-refractivity contribution in [2.75, 3.05) is 6.54 Å². The number of sulfonamides is 1. The molecule has 0 saturated carbocycles. The lowest BCUT2D eigenvalue weighted by molar-refractivity contribution is 0.585. The Hall–Kier alpha value is -1.13. The summed E-state index contributed by atoms with van der Waals surface area (Å²) < 4.78 is 25.9. The number of benzene rings is 1. The van der Waals surface area contributed by atoms with Crippen LogP contribution in [0.5, 0.6) is 0 Å². The minimum atomic E-state index is -3.39. The molecule has 0 atom stereocenters. The van der Waals surface area contributed by atoms with E-state index in [4.69, 9.17) is 0 Å². The van der Waals surface area contributed by atoms with Gasteiger partial charge in [0.2, 0.25) is 10.0 Å². The van der Waals surface area contributed by atoms with Crippen LogP contribution in [0.3, 0.4) is 0 Å². The summed E-state index contributed by atoms with van der Waals surface area (Å²) in [5, 5.41) is 0. The number of hydrogen-bond acceptors (Lipinski definition) is 2. The largest absolute Gasteiger partial charge is 0.240 e. The van der Waals surface area contributed by atoms with Gasteiger partial charge in [-0.25, -0.2) is 13.1 Å². The predicted molar refractivity (Wildman–Crippen MR) is 65.9 cm³/mol. The van der Waals surface area contributed by atoms with Gasteiger partial charge in [0.05, 0.1) is 4.90 Å². The minimum Gasteiger partial charge on any atom is -0.207 e. The molecule has 4 heteroatoms. The highest BCUT2D eigenvalue weighted by Gasteiger charge is 2.12. The molecule has 3 nitrogen and oxygen atoms in total. The zero-order valence-corrected chi connectivity index (χ0v) is 10.4. The molecule has 1 aromatic carbocycles. The molecule has 1 aromatic rings. The van der Waals surface area contributed by atoms with Crippen molar-refractivity contribution in [1.29, 1.82) is 0 Å². The molecule has 0 aliphatic carbocycles. The molecule has 0 bridgehead atoms. The van der Waals surface area contributed by atoms with Crippen LogP contribution in [0.25, 0.3) is 0 Å². The van der Waals surface area contributed by atoms with Crippen LogP contribution in [0.15, 0.2) is 41.8 Å². The van der Waals surface area contributed by atoms with E-state index in [9.17, 15) is 8.42 Å². The van der Waals surface area contributed by atoms with Crippen LogP contribution in [0.2, 0.25) is 0 Å². The summed E-state index contributed by atoms with van der Waals surface area (Å²) in [6.45, 7) is 7.85. The third-order valence-electron chi connectivity index (χ3n) is 2.27. The molecule has 0 amide bonds. The van der Waals surface area contributed by atoms with Gasteiger partial charge in [-0.1, -0.05) is 32.1 Å². The highest BCUT2D eigenvalue weighted by Crippen LogP contribution is 2.16. The molecule has 88 valence electrons. The average Bonchev–Trinajstić information content (AvgIpc) is 2.26. The van der Waals surface area contributed by atoms with E-state index in [1.165, 1.54) is 6.08 Å². The average molecular weight is 239 g/mol. The molecular weight excluding hydrogens is 222 g/mol. The van der Waals surface area contributed by atoms with Crippen LogP contribution < -0.4 is 4.72 Å². The zero-order chi connectivity index (χ0) is 12.2. The predicted octanol–water partition coefficient (Wildman–Crippen LogP) is 2.27. The van der Waals surface area contributed by atoms with Gasteiger partial charge in [0.15, 0.2) is 0 Å². The molecule has 1 rings (SSSR count). The Morgan fingerprint density at radius 3 is 2.31 bits per heavy atom. The lowest BCUT2D eigenvalue weighted by Crippen LogP contribution is -2.23. The van der Waals surface area contributed by atoms with E-state index in [0.29, 0.717) is 10.8 Å². The number of nitrogens with one attached hydrogen (secondary N) is 1. The van der Waals surface area contributed by atoms with E-state index in [2.05, 4.69) is 25.1 Å². The summed E-state index contributed by atoms with van der Waals surface area (Å²) in [4.78, 5) is 0.291. The first-order chi connectivity index (χ1) is 7.47. The SMILES string of the molecule is C=CCNS(=O)(=O)c1ccc(C(C)C)cc1. The van der Waals surface area contributed by atoms with Gasteiger partial charge in [-0.05, 0) is 23.6 Å². The fourth-order valence-electron chi connectivity index (χ4n) is 1.28. The van der Waals surface area contributed by atoms with E-state index in [0.717, 1.165) is 5.56 Å². The lowest BCUT2D eigenvalue weighted by atomic mass is 10.0. The zero-order valence-electron chi connectivity index (χ0n) is 9.60. The molecule has 16 heavy (non-hydrogen) atoms. The molecule has 0 aromatic heterocycles. The second-order valence-electron chi connectivity index (χ2n) is 3.86. The normalized spacial score (nSPS) is 11.7. The van der Waals surface area contributed by atoms with Crippen molar-refractivity contribution >= 4 is 10.0 Å². The molecular formula is C12H17NO2S. The third kappa shape index (κ3) is 3.18. The summed E-state index contributed by atoms with van der Waals surface area (Å²) in [6, 6.07) is 6.93. The maximum absolute atomic E-state index is 11.7. The van der Waals surface area contributed by atoms with Gasteiger partial charge in [0.25, 0.3) is 0 Å². The van der Waals surface area contributed by atoms with Gasteiger partial charge in [0, 0.05) is 6.54 Å². The summed E-state index contributed by atoms with van der Waals surface area (Å²) in [5.41, 5.74) is 1.13. The smallest absolute Gasteiger partial charge is 0.207 e. The van der Waals surface area contributed by atoms with Crippen molar-refractivity contribution in [3.8, 4) is 0 Å². The van der Waals surface area contributed by atoms with Crippen LogP contribution >= 0.6 is 0 Å². The molecule has 0 fully saturated rings. The van der Waals surface area contributed by atoms with Crippen molar-refractivity contribution < 1.29 is 8.42 Å². The van der Waals surface area contributed by atoms with Crippen molar-refractivity contribution in [1.82, 2.24) is 4.72 Å². The molecule has 0 unspecified atom stereocenters. The van der Waals surface area contributed by atoms with Crippen LogP contribution in [-0.4, -0.2) is 15.0 Å². The minimum absolute atomic E-state index is 0.244. The second kappa shape index (κ2) is 5.27. The molecule has 0 radical (unpaired) electrons. The van der Waals surface area contributed by atoms with E-state index in [1.807, 2.05) is 12.1 Å². The lowest BCUT2D eigenvalue weighted by Gasteiger charge is -2.07. The first kappa shape index (κ1) is 12.9. The summed E-state index contributed by atoms with van der Waals surface area (Å²) in [6.07, 6.45) is 1.51. The first-order valence-corrected chi connectivity index (χ1v) is 6.66. The van der Waals surface area contributed by atoms with Gasteiger partial charge >= 0.3 is 0 Å². The van der Waals surface area contributed by atoms with Crippen LogP contribution in [-0.2, 0) is 10.0 Å². The van der Waals surface area contributed by atoms with E-state index >= 15 is 0 Å². The van der Waals surface area contributed by atoms with Gasteiger partial charge in [-0.15, -0.1) is 6.58 Å². The highest BCUT2D eigenvalue weighted by molar-refractivity contribution is 7.89. The van der Waals surface area contributed by atoms with Gasteiger partial charge in [-0.2, -0.15) is 0 Å². The summed E-state index contributed by atoms with van der Waals surface area (Å²) >= 11 is 0. The molecule has 0 spiro atoms. The maximum Gasteiger partial charge on any atom is 0.240 e. The molecule has 0 aliphatic rings. The van der Waals surface area contributed by atoms with E-state index < -0.39 is 10.0 Å². The summed E-state index contributed by atoms with van der Waals surface area (Å²) in [7, 11) is -3.39. The van der Waals surface area contributed by atoms with Crippen LogP contribution in [0.4, 0.5) is 0 Å². The Bertz CT molecular complexity index is 446. The fourth-order valence-corrected chi connectivity index (χ4v) is 2.28. The molecule has 0 heterocycles. The van der Waals surface area contributed by atoms with Crippen molar-refractivity contribution in [2.45, 2.75) is 24.7 Å². The van der Waals surface area contributed by atoms with Crippen molar-refractivity contribution in [2.24, 2.45) is 0 Å². The summed E-state index contributed by atoms with van der Waals surface area (Å²) in [5.74, 6) is 0.401. The third-order valence-corrected chi connectivity index (χ3v) is 3.71. The Balaban J connectivity index is 2.93. The van der Waals surface area contributed by atoms with Gasteiger partial charge in [-0.3, -0.25) is 0 Å². The van der Waals surface area contributed by atoms with Crippen LogP contribution in [0.1, 0.15) is 25.3 Å². The molecule has 0 saturated heterocycles. The van der Waals surface area contributed by atoms with Gasteiger partial charge in [0.1, 0.15) is 0 Å². The van der Waals surface area contributed by atoms with Gasteiger partial charge < -0.3 is 0 Å². The van der Waals surface area contributed by atoms with Crippen LogP contribution in [0, 0.1) is 0 Å². The standard InChI is InChI=1S/C12H17NO2S/c1-4-9-13-16(14,15)12-7-5-11(6-8-12)10(2)3/h4-8,10,13H,1,9H2,2-3H3. The number of hydrogen-bond donors (Lipinski definition) is 1. The van der Waals surface area contributed by atoms with E-state index in [1.54, 1.807) is 12.1 Å².